The predicted molar refractivity (Wildman–Crippen MR) is 80.3 cm³/mol. The van der Waals surface area contributed by atoms with Crippen molar-refractivity contribution in [1.82, 2.24) is 4.68 Å². The fourth-order valence-electron chi connectivity index (χ4n) is 1.68. The number of nitrogens with one attached hydrogen (secondary N) is 1. The van der Waals surface area contributed by atoms with Crippen LogP contribution in [-0.2, 0) is 11.3 Å². The zero-order chi connectivity index (χ0) is 14.7. The average Bonchev–Trinajstić information content (AvgIpc) is 2.69. The molecule has 0 fully saturated rings. The van der Waals surface area contributed by atoms with Crippen LogP contribution in [0.4, 0.5) is 0 Å². The lowest BCUT2D eigenvalue weighted by Gasteiger charge is -2.12. The van der Waals surface area contributed by atoms with Gasteiger partial charge in [0, 0.05) is 0 Å². The molecule has 0 saturated heterocycles. The Bertz CT molecular complexity index is 626. The topological polar surface area (TPSA) is 43.3 Å². The van der Waals surface area contributed by atoms with Crippen LogP contribution in [0.5, 0.6) is 0 Å². The van der Waals surface area contributed by atoms with E-state index >= 15 is 0 Å². The maximum atomic E-state index is 11.7. The molecule has 1 aromatic heterocycles. The number of aromatic nitrogens is 1. The molecule has 1 heterocycles. The van der Waals surface area contributed by atoms with Crippen LogP contribution in [-0.4, -0.2) is 17.8 Å². The second-order valence-corrected chi connectivity index (χ2v) is 5.03. The molecule has 7 heteroatoms. The quantitative estimate of drug-likeness (QED) is 0.861. The second kappa shape index (κ2) is 6.39. The molecular weight excluding hydrogens is 323 g/mol. The smallest absolute Gasteiger partial charge is 0.358 e. The van der Waals surface area contributed by atoms with Crippen molar-refractivity contribution >= 4 is 40.8 Å². The van der Waals surface area contributed by atoms with Crippen molar-refractivity contribution in [1.29, 1.82) is 0 Å². The summed E-state index contributed by atoms with van der Waals surface area (Å²) in [5, 5.41) is 0.298. The number of halogens is 3. The van der Waals surface area contributed by atoms with Crippen LogP contribution < -0.4 is 5.43 Å². The van der Waals surface area contributed by atoms with E-state index in [1.165, 1.54) is 11.8 Å². The molecule has 0 aliphatic rings. The van der Waals surface area contributed by atoms with Crippen LogP contribution in [0, 0.1) is 0 Å². The fraction of sp³-hybridized carbons (Fsp3) is 0.154. The van der Waals surface area contributed by atoms with Gasteiger partial charge in [0.15, 0.2) is 5.69 Å². The van der Waals surface area contributed by atoms with E-state index in [0.717, 1.165) is 5.56 Å². The lowest BCUT2D eigenvalue weighted by molar-refractivity contribution is 0.0590. The normalized spacial score (nSPS) is 10.4. The minimum Gasteiger partial charge on any atom is -0.464 e. The summed E-state index contributed by atoms with van der Waals surface area (Å²) in [5.74, 6) is -0.621. The molecular formula is C13H11Cl3N2O2. The molecule has 0 atom stereocenters. The van der Waals surface area contributed by atoms with Gasteiger partial charge in [-0.15, -0.1) is 0 Å². The molecule has 1 aromatic carbocycles. The Balaban J connectivity index is 2.31. The minimum absolute atomic E-state index is 0.0593. The number of benzene rings is 1. The second-order valence-electron chi connectivity index (χ2n) is 3.91. The number of ether oxygens (including phenoxy) is 1. The van der Waals surface area contributed by atoms with E-state index in [9.17, 15) is 4.79 Å². The number of carbonyl (C=O) groups is 1. The molecule has 0 radical (unpaired) electrons. The fourth-order valence-corrected chi connectivity index (χ4v) is 2.39. The first-order valence-electron chi connectivity index (χ1n) is 5.67. The van der Waals surface area contributed by atoms with Gasteiger partial charge >= 0.3 is 5.97 Å². The molecule has 0 amide bonds. The highest BCUT2D eigenvalue weighted by atomic mass is 35.5. The van der Waals surface area contributed by atoms with Gasteiger partial charge in [0.25, 0.3) is 0 Å². The van der Waals surface area contributed by atoms with Crippen molar-refractivity contribution in [2.45, 2.75) is 6.54 Å². The van der Waals surface area contributed by atoms with Crippen LogP contribution in [0.25, 0.3) is 0 Å². The van der Waals surface area contributed by atoms with Gasteiger partial charge in [-0.05, 0) is 5.56 Å². The number of hydrogen-bond acceptors (Lipinski definition) is 3. The van der Waals surface area contributed by atoms with Crippen molar-refractivity contribution in [3.05, 3.63) is 56.8 Å². The van der Waals surface area contributed by atoms with Gasteiger partial charge < -0.3 is 10.2 Å². The Morgan fingerprint density at radius 2 is 1.85 bits per heavy atom. The van der Waals surface area contributed by atoms with Crippen molar-refractivity contribution in [3.63, 3.8) is 0 Å². The van der Waals surface area contributed by atoms with E-state index in [0.29, 0.717) is 6.54 Å². The van der Waals surface area contributed by atoms with Crippen molar-refractivity contribution < 1.29 is 9.53 Å². The van der Waals surface area contributed by atoms with Crippen molar-refractivity contribution in [2.24, 2.45) is 0 Å². The first-order chi connectivity index (χ1) is 9.56. The predicted octanol–water partition coefficient (Wildman–Crippen LogP) is 3.98. The highest BCUT2D eigenvalue weighted by molar-refractivity contribution is 6.49. The molecule has 0 unspecified atom stereocenters. The highest BCUT2D eigenvalue weighted by Gasteiger charge is 2.25. The summed E-state index contributed by atoms with van der Waals surface area (Å²) in [7, 11) is 1.26. The summed E-state index contributed by atoms with van der Waals surface area (Å²) in [4.78, 5) is 11.7. The highest BCUT2D eigenvalue weighted by Crippen LogP contribution is 2.35. The summed E-state index contributed by atoms with van der Waals surface area (Å²) >= 11 is 18.0. The van der Waals surface area contributed by atoms with Gasteiger partial charge in [0.1, 0.15) is 5.15 Å². The molecule has 2 aromatic rings. The number of rotatable bonds is 4. The maximum Gasteiger partial charge on any atom is 0.358 e. The van der Waals surface area contributed by atoms with Crippen LogP contribution in [0.3, 0.4) is 0 Å². The Hall–Kier alpha value is -1.36. The number of methoxy groups -OCH3 is 1. The molecule has 0 spiro atoms. The molecule has 0 aliphatic heterocycles. The Labute approximate surface area is 131 Å². The number of carbonyl (C=O) groups excluding carboxylic acids is 1. The summed E-state index contributed by atoms with van der Waals surface area (Å²) in [6.45, 7) is 0.450. The van der Waals surface area contributed by atoms with E-state index in [1.54, 1.807) is 0 Å². The number of nitrogens with zero attached hydrogens (tertiary/aromatic N) is 1. The van der Waals surface area contributed by atoms with Gasteiger partial charge in [-0.2, -0.15) is 0 Å². The summed E-state index contributed by atoms with van der Waals surface area (Å²) in [6.07, 6.45) is 0. The Kier molecular flexibility index (Phi) is 4.81. The molecule has 0 bridgehead atoms. The van der Waals surface area contributed by atoms with E-state index in [-0.39, 0.29) is 20.9 Å². The minimum atomic E-state index is -0.621. The van der Waals surface area contributed by atoms with E-state index in [2.05, 4.69) is 10.2 Å². The third kappa shape index (κ3) is 2.87. The maximum absolute atomic E-state index is 11.7. The van der Waals surface area contributed by atoms with Crippen LogP contribution in [0.1, 0.15) is 16.1 Å². The molecule has 0 aliphatic carbocycles. The molecule has 106 valence electrons. The lowest BCUT2D eigenvalue weighted by atomic mass is 10.2. The van der Waals surface area contributed by atoms with Crippen molar-refractivity contribution in [3.8, 4) is 0 Å². The van der Waals surface area contributed by atoms with Gasteiger partial charge in [-0.3, -0.25) is 0 Å². The Morgan fingerprint density at radius 3 is 2.45 bits per heavy atom. The third-order valence-electron chi connectivity index (χ3n) is 2.66. The molecule has 20 heavy (non-hydrogen) atoms. The van der Waals surface area contributed by atoms with Gasteiger partial charge in [-0.1, -0.05) is 65.1 Å². The van der Waals surface area contributed by atoms with Crippen LogP contribution in [0.15, 0.2) is 30.3 Å². The van der Waals surface area contributed by atoms with Gasteiger partial charge in [-0.25, -0.2) is 9.47 Å². The zero-order valence-corrected chi connectivity index (χ0v) is 12.8. The van der Waals surface area contributed by atoms with Gasteiger partial charge in [0.05, 0.1) is 23.7 Å². The number of hydrogen-bond donors (Lipinski definition) is 1. The van der Waals surface area contributed by atoms with Gasteiger partial charge in [0.2, 0.25) is 0 Å². The van der Waals surface area contributed by atoms with E-state index < -0.39 is 5.97 Å². The largest absolute Gasteiger partial charge is 0.464 e. The standard InChI is InChI=1S/C13H11Cl3N2O2/c1-20-13(19)11-9(14)10(15)12(16)18(11)17-7-8-5-3-2-4-6-8/h2-6,17H,7H2,1H3. The molecule has 1 N–H and O–H groups in total. The monoisotopic (exact) mass is 332 g/mol. The van der Waals surface area contributed by atoms with E-state index in [4.69, 9.17) is 34.8 Å². The summed E-state index contributed by atoms with van der Waals surface area (Å²) in [5.41, 5.74) is 4.07. The van der Waals surface area contributed by atoms with Crippen LogP contribution in [0.2, 0.25) is 15.2 Å². The van der Waals surface area contributed by atoms with E-state index in [1.807, 2.05) is 30.3 Å². The zero-order valence-electron chi connectivity index (χ0n) is 10.5. The average molecular weight is 334 g/mol. The third-order valence-corrected chi connectivity index (χ3v) is 3.95. The molecule has 0 saturated carbocycles. The van der Waals surface area contributed by atoms with Crippen LogP contribution >= 0.6 is 34.8 Å². The SMILES string of the molecule is COC(=O)c1c(Cl)c(Cl)c(Cl)n1NCc1ccccc1. The lowest BCUT2D eigenvalue weighted by Crippen LogP contribution is -2.20. The van der Waals surface area contributed by atoms with Crippen molar-refractivity contribution in [2.75, 3.05) is 12.5 Å². The molecule has 2 rings (SSSR count). The summed E-state index contributed by atoms with van der Waals surface area (Å²) < 4.78 is 6.00. The number of esters is 1. The Morgan fingerprint density at radius 1 is 1.20 bits per heavy atom. The first kappa shape index (κ1) is 15.0. The first-order valence-corrected chi connectivity index (χ1v) is 6.81. The summed E-state index contributed by atoms with van der Waals surface area (Å²) in [6, 6.07) is 9.61. The molecule has 4 nitrogen and oxygen atoms in total.